The number of rotatable bonds is 4. The summed E-state index contributed by atoms with van der Waals surface area (Å²) in [5, 5.41) is 12.9. The topological polar surface area (TPSA) is 72.5 Å². The molecule has 0 saturated heterocycles. The Kier molecular flexibility index (Phi) is 3.41. The minimum atomic E-state index is 0.532. The second-order valence-electron chi connectivity index (χ2n) is 6.03. The van der Waals surface area contributed by atoms with Crippen molar-refractivity contribution in [1.29, 1.82) is 0 Å². The lowest BCUT2D eigenvalue weighted by molar-refractivity contribution is 0.611. The van der Waals surface area contributed by atoms with Crippen molar-refractivity contribution >= 4 is 16.9 Å². The molecule has 21 heavy (non-hydrogen) atoms. The SMILES string of the molecule is Cc1cccc(Cn2nc(CC(C)C)c3c(N)[nH]nc32)c1. The number of nitrogens with one attached hydrogen (secondary N) is 1. The third-order valence-electron chi connectivity index (χ3n) is 3.57. The number of nitrogens with zero attached hydrogens (tertiary/aromatic N) is 3. The first-order chi connectivity index (χ1) is 10.0. The number of aryl methyl sites for hydroxylation is 1. The van der Waals surface area contributed by atoms with Crippen molar-refractivity contribution in [1.82, 2.24) is 20.0 Å². The Labute approximate surface area is 124 Å². The number of fused-ring (bicyclic) bond motifs is 1. The van der Waals surface area contributed by atoms with E-state index in [4.69, 9.17) is 10.8 Å². The number of H-pyrrole nitrogens is 1. The van der Waals surface area contributed by atoms with Crippen LogP contribution in [0.1, 0.15) is 30.7 Å². The average Bonchev–Trinajstić information content (AvgIpc) is 2.92. The largest absolute Gasteiger partial charge is 0.383 e. The fraction of sp³-hybridized carbons (Fsp3) is 0.375. The summed E-state index contributed by atoms with van der Waals surface area (Å²) in [6.07, 6.45) is 0.904. The Balaban J connectivity index is 2.02. The Morgan fingerprint density at radius 3 is 2.86 bits per heavy atom. The van der Waals surface area contributed by atoms with Crippen LogP contribution in [0, 0.1) is 12.8 Å². The van der Waals surface area contributed by atoms with E-state index in [-0.39, 0.29) is 0 Å². The lowest BCUT2D eigenvalue weighted by Crippen LogP contribution is -2.04. The van der Waals surface area contributed by atoms with Crippen LogP contribution in [-0.4, -0.2) is 20.0 Å². The van der Waals surface area contributed by atoms with Gasteiger partial charge in [-0.2, -0.15) is 10.2 Å². The summed E-state index contributed by atoms with van der Waals surface area (Å²) in [4.78, 5) is 0. The Hall–Kier alpha value is -2.30. The van der Waals surface area contributed by atoms with Crippen molar-refractivity contribution < 1.29 is 0 Å². The molecule has 5 heteroatoms. The molecule has 0 saturated carbocycles. The Morgan fingerprint density at radius 1 is 1.33 bits per heavy atom. The predicted molar refractivity (Wildman–Crippen MR) is 85.1 cm³/mol. The number of anilines is 1. The molecule has 5 nitrogen and oxygen atoms in total. The van der Waals surface area contributed by atoms with Crippen LogP contribution in [0.25, 0.3) is 11.0 Å². The van der Waals surface area contributed by atoms with Gasteiger partial charge < -0.3 is 5.73 Å². The molecule has 1 aromatic carbocycles. The van der Waals surface area contributed by atoms with E-state index >= 15 is 0 Å². The molecular weight excluding hydrogens is 262 g/mol. The van der Waals surface area contributed by atoms with Crippen molar-refractivity contribution in [3.63, 3.8) is 0 Å². The molecule has 0 aliphatic heterocycles. The number of hydrogen-bond acceptors (Lipinski definition) is 3. The van der Waals surface area contributed by atoms with Crippen LogP contribution >= 0.6 is 0 Å². The molecule has 0 bridgehead atoms. The van der Waals surface area contributed by atoms with Gasteiger partial charge in [0.25, 0.3) is 0 Å². The van der Waals surface area contributed by atoms with Crippen molar-refractivity contribution in [3.05, 3.63) is 41.1 Å². The minimum absolute atomic E-state index is 0.532. The second kappa shape index (κ2) is 5.24. The van der Waals surface area contributed by atoms with Crippen LogP contribution in [0.3, 0.4) is 0 Å². The van der Waals surface area contributed by atoms with E-state index < -0.39 is 0 Å². The molecule has 3 rings (SSSR count). The van der Waals surface area contributed by atoms with Gasteiger partial charge in [-0.1, -0.05) is 43.7 Å². The molecule has 2 heterocycles. The van der Waals surface area contributed by atoms with Crippen LogP contribution in [0.2, 0.25) is 0 Å². The molecule has 2 aromatic heterocycles. The first kappa shape index (κ1) is 13.7. The zero-order chi connectivity index (χ0) is 15.0. The molecule has 0 radical (unpaired) electrons. The number of aromatic nitrogens is 4. The fourth-order valence-corrected chi connectivity index (χ4v) is 2.68. The molecule has 3 aromatic rings. The summed E-state index contributed by atoms with van der Waals surface area (Å²) in [6.45, 7) is 7.17. The first-order valence-corrected chi connectivity index (χ1v) is 7.29. The molecular formula is C16H21N5. The predicted octanol–water partition coefficient (Wildman–Crippen LogP) is 2.90. The van der Waals surface area contributed by atoms with E-state index in [1.165, 1.54) is 11.1 Å². The van der Waals surface area contributed by atoms with Gasteiger partial charge in [-0.25, -0.2) is 4.68 Å². The van der Waals surface area contributed by atoms with Crippen molar-refractivity contribution in [2.24, 2.45) is 5.92 Å². The van der Waals surface area contributed by atoms with Gasteiger partial charge in [-0.3, -0.25) is 5.10 Å². The maximum Gasteiger partial charge on any atom is 0.182 e. The highest BCUT2D eigenvalue weighted by Crippen LogP contribution is 2.25. The zero-order valence-corrected chi connectivity index (χ0v) is 12.7. The molecule has 0 fully saturated rings. The van der Waals surface area contributed by atoms with Crippen LogP contribution in [0.5, 0.6) is 0 Å². The highest BCUT2D eigenvalue weighted by Gasteiger charge is 2.17. The van der Waals surface area contributed by atoms with E-state index in [1.54, 1.807) is 0 Å². The maximum absolute atomic E-state index is 6.01. The molecule has 3 N–H and O–H groups in total. The Morgan fingerprint density at radius 2 is 2.14 bits per heavy atom. The van der Waals surface area contributed by atoms with Crippen LogP contribution < -0.4 is 5.73 Å². The van der Waals surface area contributed by atoms with Gasteiger partial charge in [0.15, 0.2) is 5.65 Å². The summed E-state index contributed by atoms with van der Waals surface area (Å²) in [5.41, 5.74) is 10.3. The lowest BCUT2D eigenvalue weighted by Gasteiger charge is -2.04. The Bertz CT molecular complexity index is 766. The summed E-state index contributed by atoms with van der Waals surface area (Å²) < 4.78 is 1.94. The molecule has 0 aliphatic carbocycles. The summed E-state index contributed by atoms with van der Waals surface area (Å²) in [7, 11) is 0. The quantitative estimate of drug-likeness (QED) is 0.773. The third kappa shape index (κ3) is 2.63. The van der Waals surface area contributed by atoms with Gasteiger partial charge in [0.1, 0.15) is 5.82 Å². The van der Waals surface area contributed by atoms with Gasteiger partial charge in [0.2, 0.25) is 0 Å². The van der Waals surface area contributed by atoms with Gasteiger partial charge in [0, 0.05) is 0 Å². The summed E-state index contributed by atoms with van der Waals surface area (Å²) in [6, 6.07) is 8.45. The molecule has 0 atom stereocenters. The lowest BCUT2D eigenvalue weighted by atomic mass is 10.1. The van der Waals surface area contributed by atoms with Gasteiger partial charge >= 0.3 is 0 Å². The minimum Gasteiger partial charge on any atom is -0.383 e. The van der Waals surface area contributed by atoms with Gasteiger partial charge in [-0.15, -0.1) is 0 Å². The van der Waals surface area contributed by atoms with E-state index in [2.05, 4.69) is 55.2 Å². The van der Waals surface area contributed by atoms with E-state index in [9.17, 15) is 0 Å². The molecule has 0 amide bonds. The van der Waals surface area contributed by atoms with Crippen molar-refractivity contribution in [2.75, 3.05) is 5.73 Å². The second-order valence-corrected chi connectivity index (χ2v) is 6.03. The molecule has 0 spiro atoms. The molecule has 110 valence electrons. The summed E-state index contributed by atoms with van der Waals surface area (Å²) >= 11 is 0. The van der Waals surface area contributed by atoms with Crippen LogP contribution in [0.15, 0.2) is 24.3 Å². The highest BCUT2D eigenvalue weighted by molar-refractivity contribution is 5.89. The summed E-state index contributed by atoms with van der Waals surface area (Å²) in [5.74, 6) is 1.14. The highest BCUT2D eigenvalue weighted by atomic mass is 15.3. The number of nitrogens with two attached hydrogens (primary N) is 1. The number of benzene rings is 1. The van der Waals surface area contributed by atoms with E-state index in [1.807, 2.05) is 4.68 Å². The number of aromatic amines is 1. The van der Waals surface area contributed by atoms with E-state index in [0.29, 0.717) is 18.3 Å². The fourth-order valence-electron chi connectivity index (χ4n) is 2.68. The molecule has 0 aliphatic rings. The monoisotopic (exact) mass is 283 g/mol. The zero-order valence-electron chi connectivity index (χ0n) is 12.7. The van der Waals surface area contributed by atoms with Crippen LogP contribution in [-0.2, 0) is 13.0 Å². The number of nitrogen functional groups attached to an aromatic ring is 1. The maximum atomic E-state index is 6.01. The average molecular weight is 283 g/mol. The van der Waals surface area contributed by atoms with Crippen molar-refractivity contribution in [2.45, 2.75) is 33.7 Å². The third-order valence-corrected chi connectivity index (χ3v) is 3.57. The van der Waals surface area contributed by atoms with Crippen LogP contribution in [0.4, 0.5) is 5.82 Å². The smallest absolute Gasteiger partial charge is 0.182 e. The first-order valence-electron chi connectivity index (χ1n) is 7.29. The molecule has 0 unspecified atom stereocenters. The van der Waals surface area contributed by atoms with Gasteiger partial charge in [-0.05, 0) is 24.8 Å². The standard InChI is InChI=1S/C16H21N5/c1-10(2)7-13-14-15(17)18-19-16(14)21(20-13)9-12-6-4-5-11(3)8-12/h4-6,8,10H,7,9H2,1-3H3,(H3,17,18,19). The van der Waals surface area contributed by atoms with Gasteiger partial charge in [0.05, 0.1) is 17.6 Å². The van der Waals surface area contributed by atoms with E-state index in [0.717, 1.165) is 23.1 Å². The number of hydrogen-bond donors (Lipinski definition) is 2. The van der Waals surface area contributed by atoms with Crippen molar-refractivity contribution in [3.8, 4) is 0 Å². The normalized spacial score (nSPS) is 11.6.